The first-order valence-electron chi connectivity index (χ1n) is 13.1. The van der Waals surface area contributed by atoms with Crippen LogP contribution in [0.2, 0.25) is 0 Å². The fraction of sp³-hybridized carbons (Fsp3) is 0.176. The number of nitrogens with zero attached hydrogens (tertiary/aromatic N) is 2. The van der Waals surface area contributed by atoms with E-state index in [1.54, 1.807) is 9.80 Å². The van der Waals surface area contributed by atoms with Gasteiger partial charge in [-0.15, -0.1) is 0 Å². The Morgan fingerprint density at radius 2 is 0.842 bits per heavy atom. The number of rotatable bonds is 10. The summed E-state index contributed by atoms with van der Waals surface area (Å²) in [5.74, 6) is -0.486. The summed E-state index contributed by atoms with van der Waals surface area (Å²) >= 11 is 0. The monoisotopic (exact) mass is 502 g/mol. The van der Waals surface area contributed by atoms with E-state index in [9.17, 15) is 9.59 Å². The fourth-order valence-electron chi connectivity index (χ4n) is 4.27. The van der Waals surface area contributed by atoms with Gasteiger partial charge in [0.05, 0.1) is 13.1 Å². The topological polar surface area (TPSA) is 40.6 Å². The average Bonchev–Trinajstić information content (AvgIpc) is 2.98. The number of aryl methyl sites for hydroxylation is 2. The van der Waals surface area contributed by atoms with Gasteiger partial charge in [-0.1, -0.05) is 98.8 Å². The van der Waals surface area contributed by atoms with Crippen LogP contribution in [-0.4, -0.2) is 11.8 Å². The zero-order valence-electron chi connectivity index (χ0n) is 22.1. The first kappa shape index (κ1) is 26.6. The Bertz CT molecular complexity index is 1240. The maximum absolute atomic E-state index is 13.5. The molecule has 2 amide bonds. The van der Waals surface area contributed by atoms with Crippen molar-refractivity contribution in [2.45, 2.75) is 39.8 Å². The molecule has 4 heteroatoms. The van der Waals surface area contributed by atoms with Gasteiger partial charge in [0.1, 0.15) is 0 Å². The highest BCUT2D eigenvalue weighted by Crippen LogP contribution is 2.21. The van der Waals surface area contributed by atoms with Crippen molar-refractivity contribution in [1.82, 2.24) is 0 Å². The van der Waals surface area contributed by atoms with Crippen LogP contribution < -0.4 is 9.80 Å². The molecule has 4 aromatic rings. The number of hydrogen-bond donors (Lipinski definition) is 0. The molecule has 0 heterocycles. The molecule has 0 aliphatic heterocycles. The average molecular weight is 503 g/mol. The van der Waals surface area contributed by atoms with Gasteiger partial charge in [0.2, 0.25) is 0 Å². The Labute approximate surface area is 225 Å². The molecule has 0 fully saturated rings. The lowest BCUT2D eigenvalue weighted by Crippen LogP contribution is -2.31. The summed E-state index contributed by atoms with van der Waals surface area (Å²) in [5.41, 5.74) is 6.03. The second-order valence-corrected chi connectivity index (χ2v) is 9.19. The Balaban J connectivity index is 1.59. The van der Waals surface area contributed by atoms with Crippen LogP contribution in [0.1, 0.15) is 36.1 Å². The molecule has 38 heavy (non-hydrogen) atoms. The van der Waals surface area contributed by atoms with E-state index in [-0.39, 0.29) is 11.8 Å². The molecule has 4 rings (SSSR count). The Kier molecular flexibility index (Phi) is 9.25. The van der Waals surface area contributed by atoms with Crippen LogP contribution in [0.15, 0.2) is 121 Å². The molecule has 4 nitrogen and oxygen atoms in total. The van der Waals surface area contributed by atoms with Crippen LogP contribution in [0.3, 0.4) is 0 Å². The summed E-state index contributed by atoms with van der Waals surface area (Å²) in [6, 6.07) is 35.8. The van der Waals surface area contributed by atoms with E-state index in [0.29, 0.717) is 13.1 Å². The minimum absolute atomic E-state index is 0.243. The molecule has 0 aliphatic carbocycles. The van der Waals surface area contributed by atoms with Crippen molar-refractivity contribution in [1.29, 1.82) is 0 Å². The molecule has 0 aromatic heterocycles. The van der Waals surface area contributed by atoms with Gasteiger partial charge in [-0.3, -0.25) is 9.59 Å². The van der Waals surface area contributed by atoms with Gasteiger partial charge < -0.3 is 9.80 Å². The van der Waals surface area contributed by atoms with E-state index >= 15 is 0 Å². The lowest BCUT2D eigenvalue weighted by atomic mass is 10.1. The molecule has 0 spiro atoms. The molecule has 0 aliphatic rings. The number of anilines is 2. The summed E-state index contributed by atoms with van der Waals surface area (Å²) in [6.07, 6.45) is 4.63. The van der Waals surface area contributed by atoms with Gasteiger partial charge in [-0.2, -0.15) is 0 Å². The first-order valence-corrected chi connectivity index (χ1v) is 13.1. The van der Waals surface area contributed by atoms with Gasteiger partial charge in [-0.05, 0) is 59.4 Å². The summed E-state index contributed by atoms with van der Waals surface area (Å²) in [5, 5.41) is 0. The second-order valence-electron chi connectivity index (χ2n) is 9.19. The van der Waals surface area contributed by atoms with Crippen molar-refractivity contribution in [2.75, 3.05) is 9.80 Å². The number of hydrogen-bond acceptors (Lipinski definition) is 2. The molecule has 0 radical (unpaired) electrons. The van der Waals surface area contributed by atoms with Crippen molar-refractivity contribution in [2.24, 2.45) is 0 Å². The molecular formula is C34H34N2O2. The second kappa shape index (κ2) is 13.2. The van der Waals surface area contributed by atoms with E-state index in [2.05, 4.69) is 13.8 Å². The van der Waals surface area contributed by atoms with Crippen LogP contribution >= 0.6 is 0 Å². The quantitative estimate of drug-likeness (QED) is 0.216. The number of carbonyl (C=O) groups is 2. The maximum atomic E-state index is 13.5. The van der Waals surface area contributed by atoms with Crippen molar-refractivity contribution in [3.05, 3.63) is 144 Å². The maximum Gasteiger partial charge on any atom is 0.251 e. The predicted octanol–water partition coefficient (Wildman–Crippen LogP) is 7.13. The highest BCUT2D eigenvalue weighted by Gasteiger charge is 2.18. The SMILES string of the molecule is CCc1ccc(N(Cc2ccccc2)C(=O)/C=C/C(=O)N(Cc2ccccc2)c2ccc(CC)cc2)cc1. The number of amides is 2. The minimum Gasteiger partial charge on any atom is -0.304 e. The Hall–Kier alpha value is -4.44. The highest BCUT2D eigenvalue weighted by atomic mass is 16.2. The summed E-state index contributed by atoms with van der Waals surface area (Å²) < 4.78 is 0. The number of carbonyl (C=O) groups excluding carboxylic acids is 2. The van der Waals surface area contributed by atoms with Crippen LogP contribution in [0, 0.1) is 0 Å². The Morgan fingerprint density at radius 3 is 1.16 bits per heavy atom. The molecular weight excluding hydrogens is 468 g/mol. The van der Waals surface area contributed by atoms with Crippen LogP contribution in [0.25, 0.3) is 0 Å². The normalized spacial score (nSPS) is 10.9. The third kappa shape index (κ3) is 7.07. The molecule has 4 aromatic carbocycles. The number of benzene rings is 4. The summed E-state index contributed by atoms with van der Waals surface area (Å²) in [4.78, 5) is 30.4. The molecule has 192 valence electrons. The van der Waals surface area contributed by atoms with Crippen molar-refractivity contribution < 1.29 is 9.59 Å². The Morgan fingerprint density at radius 1 is 0.500 bits per heavy atom. The van der Waals surface area contributed by atoms with Crippen LogP contribution in [-0.2, 0) is 35.5 Å². The first-order chi connectivity index (χ1) is 18.6. The smallest absolute Gasteiger partial charge is 0.251 e. The molecule has 0 unspecified atom stereocenters. The molecule has 0 bridgehead atoms. The van der Waals surface area contributed by atoms with Crippen LogP contribution in [0.4, 0.5) is 11.4 Å². The van der Waals surface area contributed by atoms with Crippen LogP contribution in [0.5, 0.6) is 0 Å². The van der Waals surface area contributed by atoms with E-state index in [1.807, 2.05) is 109 Å². The van der Waals surface area contributed by atoms with Gasteiger partial charge in [0.15, 0.2) is 0 Å². The van der Waals surface area contributed by atoms with Gasteiger partial charge in [0.25, 0.3) is 11.8 Å². The van der Waals surface area contributed by atoms with E-state index in [4.69, 9.17) is 0 Å². The lowest BCUT2D eigenvalue weighted by Gasteiger charge is -2.23. The van der Waals surface area contributed by atoms with Gasteiger partial charge >= 0.3 is 0 Å². The third-order valence-corrected chi connectivity index (χ3v) is 6.58. The molecule has 0 saturated heterocycles. The van der Waals surface area contributed by atoms with E-state index < -0.39 is 0 Å². The summed E-state index contributed by atoms with van der Waals surface area (Å²) in [7, 11) is 0. The van der Waals surface area contributed by atoms with Crippen molar-refractivity contribution in [3.8, 4) is 0 Å². The lowest BCUT2D eigenvalue weighted by molar-refractivity contribution is -0.116. The molecule has 0 atom stereocenters. The van der Waals surface area contributed by atoms with E-state index in [0.717, 1.165) is 35.3 Å². The standard InChI is InChI=1S/C34H34N2O2/c1-3-27-15-19-31(20-16-27)35(25-29-11-7-5-8-12-29)33(37)23-24-34(38)36(26-30-13-9-6-10-14-30)32-21-17-28(4-2)18-22-32/h5-24H,3-4,25-26H2,1-2H3/b24-23+. The largest absolute Gasteiger partial charge is 0.304 e. The van der Waals surface area contributed by atoms with E-state index in [1.165, 1.54) is 23.3 Å². The molecule has 0 saturated carbocycles. The zero-order valence-corrected chi connectivity index (χ0v) is 22.1. The minimum atomic E-state index is -0.243. The zero-order chi connectivity index (χ0) is 26.7. The third-order valence-electron chi connectivity index (χ3n) is 6.58. The predicted molar refractivity (Wildman–Crippen MR) is 156 cm³/mol. The summed E-state index contributed by atoms with van der Waals surface area (Å²) in [6.45, 7) is 5.03. The molecule has 0 N–H and O–H groups in total. The fourth-order valence-corrected chi connectivity index (χ4v) is 4.27. The highest BCUT2D eigenvalue weighted by molar-refractivity contribution is 6.08. The van der Waals surface area contributed by atoms with Crippen molar-refractivity contribution in [3.63, 3.8) is 0 Å². The van der Waals surface area contributed by atoms with Crippen molar-refractivity contribution >= 4 is 23.2 Å². The van der Waals surface area contributed by atoms with Gasteiger partial charge in [-0.25, -0.2) is 0 Å². The van der Waals surface area contributed by atoms with Gasteiger partial charge in [0, 0.05) is 23.5 Å².